The van der Waals surface area contributed by atoms with E-state index < -0.39 is 57.1 Å². The molecule has 3 N–H and O–H groups in total. The third-order valence-electron chi connectivity index (χ3n) is 9.09. The first kappa shape index (κ1) is 38.1. The number of benzene rings is 2. The van der Waals surface area contributed by atoms with Gasteiger partial charge in [-0.05, 0) is 28.8 Å². The molecule has 1 unspecified atom stereocenters. The van der Waals surface area contributed by atoms with Crippen LogP contribution in [0.4, 0.5) is 0 Å². The Bertz CT molecular complexity index is 1770. The van der Waals surface area contributed by atoms with Crippen molar-refractivity contribution in [3.05, 3.63) is 76.9 Å². The van der Waals surface area contributed by atoms with E-state index in [1.807, 2.05) is 71.9 Å². The van der Waals surface area contributed by atoms with E-state index in [4.69, 9.17) is 35.2 Å². The molecular formula is C37H50ClN3O7Si2. The second kappa shape index (κ2) is 14.5. The van der Waals surface area contributed by atoms with E-state index >= 15 is 0 Å². The number of nitrogens with zero attached hydrogens (tertiary/aromatic N) is 2. The number of carboxylic acids is 1. The van der Waals surface area contributed by atoms with E-state index in [1.54, 1.807) is 6.07 Å². The summed E-state index contributed by atoms with van der Waals surface area (Å²) in [4.78, 5) is 36.8. The molecule has 1 aliphatic heterocycles. The summed E-state index contributed by atoms with van der Waals surface area (Å²) in [6.07, 6.45) is -3.81. The molecule has 0 spiro atoms. The number of imidazole rings is 1. The zero-order valence-corrected chi connectivity index (χ0v) is 33.2. The minimum atomic E-state index is -3.60. The van der Waals surface area contributed by atoms with Crippen molar-refractivity contribution in [2.45, 2.75) is 102 Å². The van der Waals surface area contributed by atoms with Gasteiger partial charge in [-0.1, -0.05) is 127 Å². The summed E-state index contributed by atoms with van der Waals surface area (Å²) < 4.78 is 24.9. The van der Waals surface area contributed by atoms with E-state index in [2.05, 4.69) is 53.9 Å². The van der Waals surface area contributed by atoms with Gasteiger partial charge in [-0.2, -0.15) is 4.98 Å². The molecule has 4 aromatic rings. The highest BCUT2D eigenvalue weighted by Gasteiger charge is 2.60. The van der Waals surface area contributed by atoms with E-state index in [9.17, 15) is 14.7 Å². The van der Waals surface area contributed by atoms with Crippen LogP contribution in [0, 0.1) is 0 Å². The molecule has 0 saturated carbocycles. The van der Waals surface area contributed by atoms with Gasteiger partial charge < -0.3 is 33.5 Å². The Labute approximate surface area is 301 Å². The number of halogens is 1. The summed E-state index contributed by atoms with van der Waals surface area (Å²) in [6.45, 7) is 18.8. The number of aromatic nitrogens is 3. The average molecular weight is 740 g/mol. The van der Waals surface area contributed by atoms with Gasteiger partial charge in [0.2, 0.25) is 0 Å². The number of hydrogen-bond acceptors (Lipinski definition) is 8. The summed E-state index contributed by atoms with van der Waals surface area (Å²) in [7, 11) is -4.99. The quantitative estimate of drug-likeness (QED) is 0.122. The normalized spacial score (nSPS) is 19.5. The molecule has 0 aliphatic carbocycles. The number of hydrogen-bond donors (Lipinski definition) is 3. The molecule has 5 rings (SSSR count). The molecule has 2 aromatic carbocycles. The third kappa shape index (κ3) is 8.33. The van der Waals surface area contributed by atoms with Crippen molar-refractivity contribution < 1.29 is 33.3 Å². The Morgan fingerprint density at radius 3 is 2.20 bits per heavy atom. The molecule has 270 valence electrons. The van der Waals surface area contributed by atoms with Crippen molar-refractivity contribution in [1.29, 1.82) is 0 Å². The number of H-pyrrole nitrogens is 1. The van der Waals surface area contributed by atoms with Gasteiger partial charge in [-0.15, -0.1) is 0 Å². The van der Waals surface area contributed by atoms with Crippen molar-refractivity contribution >= 4 is 45.4 Å². The average Bonchev–Trinajstić information content (AvgIpc) is 3.60. The number of rotatable bonds is 12. The highest BCUT2D eigenvalue weighted by molar-refractivity contribution is 6.76. The van der Waals surface area contributed by atoms with Gasteiger partial charge in [0, 0.05) is 24.8 Å². The van der Waals surface area contributed by atoms with Crippen LogP contribution >= 0.6 is 11.6 Å². The molecule has 1 aliphatic rings. The SMILES string of the molecule is CC(C)(C)[Si](O)(O[C@@H]1[C@@H](C(=O)O)OC[C@H]1Oc1nc2nc(C(OCC[Si](C)(C)C)c3ccc(-c4ccccc4)cc3)c(Cl)cc2[nH]1)C(C)(C)C. The smallest absolute Gasteiger partial charge is 0.347 e. The number of pyridine rings is 1. The summed E-state index contributed by atoms with van der Waals surface area (Å²) >= 11 is 6.91. The highest BCUT2D eigenvalue weighted by atomic mass is 35.5. The Morgan fingerprint density at radius 1 is 1.00 bits per heavy atom. The van der Waals surface area contributed by atoms with Crippen LogP contribution in [0.25, 0.3) is 22.3 Å². The molecule has 0 radical (unpaired) electrons. The summed E-state index contributed by atoms with van der Waals surface area (Å²) in [5.41, 5.74) is 4.56. The standard InChI is InChI=1S/C37H50ClN3O7Si2/c1-36(2,3)50(44,37(4,5)6)48-31-28(22-46-32(31)34(42)43)47-35-39-27-21-26(38)29(40-33(27)41-35)30(45-19-20-49(7,8)9)25-17-15-24(16-18-25)23-13-11-10-12-14-23/h10-18,21,28,30-32,44H,19-20,22H2,1-9H3,(H,42,43)(H,39,40,41)/t28-,30?,31+,32+/m1/s1. The van der Waals surface area contributed by atoms with Crippen molar-refractivity contribution in [2.75, 3.05) is 13.2 Å². The van der Waals surface area contributed by atoms with Crippen LogP contribution in [0.1, 0.15) is 58.9 Å². The lowest BCUT2D eigenvalue weighted by Crippen LogP contribution is -2.60. The zero-order chi connectivity index (χ0) is 36.6. The van der Waals surface area contributed by atoms with Gasteiger partial charge in [0.15, 0.2) is 17.9 Å². The Hall–Kier alpha value is -3.11. The maximum absolute atomic E-state index is 12.2. The molecule has 50 heavy (non-hydrogen) atoms. The van der Waals surface area contributed by atoms with E-state index in [0.717, 1.165) is 22.7 Å². The topological polar surface area (TPSA) is 136 Å². The van der Waals surface area contributed by atoms with Crippen LogP contribution in [0.5, 0.6) is 6.01 Å². The highest BCUT2D eigenvalue weighted by Crippen LogP contribution is 2.51. The van der Waals surface area contributed by atoms with Crippen LogP contribution in [-0.4, -0.2) is 79.0 Å². The van der Waals surface area contributed by atoms with Gasteiger partial charge in [-0.3, -0.25) is 0 Å². The summed E-state index contributed by atoms with van der Waals surface area (Å²) in [5, 5.41) is 9.13. The molecule has 3 heterocycles. The first-order chi connectivity index (χ1) is 23.3. The number of carboxylic acid groups (broad SMARTS) is 1. The first-order valence-electron chi connectivity index (χ1n) is 17.0. The third-order valence-corrected chi connectivity index (χ3v) is 15.8. The molecule has 0 amide bonds. The fourth-order valence-electron chi connectivity index (χ4n) is 6.30. The Kier molecular flexibility index (Phi) is 11.1. The molecule has 10 nitrogen and oxygen atoms in total. The minimum Gasteiger partial charge on any atom is -0.479 e. The lowest BCUT2D eigenvalue weighted by molar-refractivity contribution is -0.151. The van der Waals surface area contributed by atoms with Crippen LogP contribution in [0.15, 0.2) is 60.7 Å². The Morgan fingerprint density at radius 2 is 1.62 bits per heavy atom. The number of nitrogens with one attached hydrogen (secondary N) is 1. The maximum atomic E-state index is 12.2. The number of carbonyl (C=O) groups is 1. The second-order valence-corrected chi connectivity index (χ2v) is 26.8. The van der Waals surface area contributed by atoms with Crippen LogP contribution in [0.3, 0.4) is 0 Å². The lowest BCUT2D eigenvalue weighted by atomic mass is 10.00. The predicted octanol–water partition coefficient (Wildman–Crippen LogP) is 8.37. The Balaban J connectivity index is 1.45. The molecule has 1 saturated heterocycles. The van der Waals surface area contributed by atoms with Gasteiger partial charge >= 0.3 is 14.5 Å². The maximum Gasteiger partial charge on any atom is 0.347 e. The molecule has 4 atom stereocenters. The van der Waals surface area contributed by atoms with Gasteiger partial charge in [0.1, 0.15) is 12.2 Å². The fraction of sp³-hybridized carbons (Fsp3) is 0.486. The fourth-order valence-corrected chi connectivity index (χ4v) is 10.9. The number of aliphatic carboxylic acids is 1. The van der Waals surface area contributed by atoms with E-state index in [-0.39, 0.29) is 12.6 Å². The largest absolute Gasteiger partial charge is 0.479 e. The van der Waals surface area contributed by atoms with Crippen molar-refractivity contribution in [3.63, 3.8) is 0 Å². The molecule has 13 heteroatoms. The molecular weight excluding hydrogens is 690 g/mol. The number of ether oxygens (including phenoxy) is 3. The van der Waals surface area contributed by atoms with E-state index in [0.29, 0.717) is 28.5 Å². The van der Waals surface area contributed by atoms with Crippen molar-refractivity contribution in [3.8, 4) is 17.1 Å². The predicted molar refractivity (Wildman–Crippen MR) is 201 cm³/mol. The summed E-state index contributed by atoms with van der Waals surface area (Å²) in [6, 6.07) is 21.2. The zero-order valence-electron chi connectivity index (χ0n) is 30.4. The van der Waals surface area contributed by atoms with E-state index in [1.165, 1.54) is 0 Å². The molecule has 0 bridgehead atoms. The van der Waals surface area contributed by atoms with Crippen LogP contribution < -0.4 is 4.74 Å². The van der Waals surface area contributed by atoms with Crippen LogP contribution in [-0.2, 0) is 18.7 Å². The number of fused-ring (bicyclic) bond motifs is 1. The first-order valence-corrected chi connectivity index (χ1v) is 23.0. The summed E-state index contributed by atoms with van der Waals surface area (Å²) in [5.74, 6) is -1.19. The van der Waals surface area contributed by atoms with Crippen molar-refractivity contribution in [2.24, 2.45) is 0 Å². The lowest BCUT2D eigenvalue weighted by Gasteiger charge is -2.47. The second-order valence-electron chi connectivity index (χ2n) is 16.3. The number of aromatic amines is 1. The van der Waals surface area contributed by atoms with Crippen molar-refractivity contribution in [1.82, 2.24) is 15.0 Å². The minimum absolute atomic E-state index is 0.0666. The van der Waals surface area contributed by atoms with Gasteiger partial charge in [0.05, 0.1) is 22.8 Å². The van der Waals surface area contributed by atoms with Crippen LogP contribution in [0.2, 0.25) is 40.8 Å². The molecule has 2 aromatic heterocycles. The van der Waals surface area contributed by atoms with Gasteiger partial charge in [0.25, 0.3) is 6.01 Å². The van der Waals surface area contributed by atoms with Gasteiger partial charge in [-0.25, -0.2) is 9.78 Å². The molecule has 1 fully saturated rings. The monoisotopic (exact) mass is 739 g/mol.